The molecule has 0 radical (unpaired) electrons. The van der Waals surface area contributed by atoms with Crippen LogP contribution >= 0.6 is 11.8 Å². The summed E-state index contributed by atoms with van der Waals surface area (Å²) < 4.78 is 4.63. The van der Waals surface area contributed by atoms with Crippen molar-refractivity contribution >= 4 is 17.7 Å². The number of hydrogen-bond acceptors (Lipinski definition) is 5. The van der Waals surface area contributed by atoms with Gasteiger partial charge in [-0.25, -0.2) is 4.79 Å². The number of aromatic nitrogens is 1. The quantitative estimate of drug-likeness (QED) is 0.822. The van der Waals surface area contributed by atoms with Crippen LogP contribution in [0.25, 0.3) is 0 Å². The van der Waals surface area contributed by atoms with Crippen LogP contribution in [-0.2, 0) is 11.3 Å². The van der Waals surface area contributed by atoms with Gasteiger partial charge in [-0.05, 0) is 42.5 Å². The molecule has 1 N–H and O–H groups in total. The maximum atomic E-state index is 11.2. The van der Waals surface area contributed by atoms with Crippen molar-refractivity contribution in [2.75, 3.05) is 25.2 Å². The summed E-state index contributed by atoms with van der Waals surface area (Å²) in [6.45, 7) is 1.80. The molecule has 2 rings (SSSR count). The lowest BCUT2D eigenvalue weighted by atomic mass is 10.1. The van der Waals surface area contributed by atoms with Gasteiger partial charge in [-0.2, -0.15) is 11.8 Å². The Morgan fingerprint density at radius 2 is 2.50 bits per heavy atom. The van der Waals surface area contributed by atoms with Crippen LogP contribution in [0.3, 0.4) is 0 Å². The van der Waals surface area contributed by atoms with Crippen LogP contribution in [0.15, 0.2) is 18.3 Å². The van der Waals surface area contributed by atoms with Crippen molar-refractivity contribution in [3.05, 3.63) is 29.6 Å². The zero-order valence-electron chi connectivity index (χ0n) is 10.5. The molecule has 98 valence electrons. The van der Waals surface area contributed by atoms with Gasteiger partial charge in [0.25, 0.3) is 0 Å². The largest absolute Gasteiger partial charge is 0.465 e. The first-order valence-corrected chi connectivity index (χ1v) is 7.27. The highest BCUT2D eigenvalue weighted by Gasteiger charge is 2.14. The molecule has 1 unspecified atom stereocenters. The fourth-order valence-corrected chi connectivity index (χ4v) is 3.20. The van der Waals surface area contributed by atoms with E-state index in [0.29, 0.717) is 5.56 Å². The van der Waals surface area contributed by atoms with Crippen LogP contribution in [0.4, 0.5) is 0 Å². The highest BCUT2D eigenvalue weighted by atomic mass is 32.2. The van der Waals surface area contributed by atoms with E-state index in [1.807, 2.05) is 17.8 Å². The van der Waals surface area contributed by atoms with Crippen molar-refractivity contribution in [2.24, 2.45) is 5.92 Å². The van der Waals surface area contributed by atoms with E-state index in [2.05, 4.69) is 15.0 Å². The molecular weight excluding hydrogens is 248 g/mol. The Kier molecular flexibility index (Phi) is 5.01. The van der Waals surface area contributed by atoms with E-state index < -0.39 is 0 Å². The second-order valence-corrected chi connectivity index (χ2v) is 5.54. The number of nitrogens with zero attached hydrogens (tertiary/aromatic N) is 1. The van der Waals surface area contributed by atoms with Gasteiger partial charge in [-0.15, -0.1) is 0 Å². The number of hydrogen-bond donors (Lipinski definition) is 1. The minimum absolute atomic E-state index is 0.343. The van der Waals surface area contributed by atoms with Crippen molar-refractivity contribution in [3.8, 4) is 0 Å². The van der Waals surface area contributed by atoms with E-state index in [1.165, 1.54) is 25.0 Å². The lowest BCUT2D eigenvalue weighted by Gasteiger charge is -2.09. The van der Waals surface area contributed by atoms with Crippen LogP contribution in [0.2, 0.25) is 0 Å². The molecule has 1 atom stereocenters. The Morgan fingerprint density at radius 1 is 1.61 bits per heavy atom. The van der Waals surface area contributed by atoms with Crippen molar-refractivity contribution in [1.29, 1.82) is 0 Å². The Labute approximate surface area is 112 Å². The summed E-state index contributed by atoms with van der Waals surface area (Å²) in [7, 11) is 1.37. The first kappa shape index (κ1) is 13.4. The summed E-state index contributed by atoms with van der Waals surface area (Å²) in [4.78, 5) is 15.5. The van der Waals surface area contributed by atoms with Crippen LogP contribution in [-0.4, -0.2) is 36.1 Å². The van der Waals surface area contributed by atoms with Gasteiger partial charge in [0.05, 0.1) is 18.4 Å². The molecule has 4 nitrogen and oxygen atoms in total. The number of esters is 1. The highest BCUT2D eigenvalue weighted by molar-refractivity contribution is 7.99. The molecule has 1 saturated heterocycles. The number of methoxy groups -OCH3 is 1. The third-order valence-electron chi connectivity index (χ3n) is 3.01. The zero-order chi connectivity index (χ0) is 12.8. The molecular formula is C13H18N2O2S. The molecule has 0 saturated carbocycles. The molecule has 0 bridgehead atoms. The van der Waals surface area contributed by atoms with Crippen molar-refractivity contribution in [3.63, 3.8) is 0 Å². The number of carbonyl (C=O) groups excluding carboxylic acids is 1. The van der Waals surface area contributed by atoms with Gasteiger partial charge >= 0.3 is 5.97 Å². The number of pyridine rings is 1. The van der Waals surface area contributed by atoms with Crippen LogP contribution in [0.1, 0.15) is 22.5 Å². The number of carbonyl (C=O) groups is 1. The molecule has 0 amide bonds. The van der Waals surface area contributed by atoms with Gasteiger partial charge in [0, 0.05) is 12.7 Å². The molecule has 0 aliphatic carbocycles. The Balaban J connectivity index is 1.77. The number of nitrogens with one attached hydrogen (secondary N) is 1. The van der Waals surface area contributed by atoms with E-state index in [4.69, 9.17) is 0 Å². The van der Waals surface area contributed by atoms with Crippen molar-refractivity contribution in [2.45, 2.75) is 13.0 Å². The number of rotatable bonds is 5. The summed E-state index contributed by atoms with van der Waals surface area (Å²) in [5.41, 5.74) is 1.45. The lowest BCUT2D eigenvalue weighted by Crippen LogP contribution is -2.22. The molecule has 1 aromatic heterocycles. The molecule has 0 spiro atoms. The van der Waals surface area contributed by atoms with Crippen molar-refractivity contribution < 1.29 is 9.53 Å². The molecule has 2 heterocycles. The molecule has 1 aromatic rings. The average Bonchev–Trinajstić information content (AvgIpc) is 2.92. The minimum atomic E-state index is -0.343. The van der Waals surface area contributed by atoms with E-state index >= 15 is 0 Å². The summed E-state index contributed by atoms with van der Waals surface area (Å²) >= 11 is 2.03. The van der Waals surface area contributed by atoms with E-state index in [1.54, 1.807) is 12.3 Å². The molecule has 1 aliphatic heterocycles. The van der Waals surface area contributed by atoms with Gasteiger partial charge in [-0.3, -0.25) is 4.98 Å². The first-order valence-electron chi connectivity index (χ1n) is 6.11. The predicted octanol–water partition coefficient (Wildman–Crippen LogP) is 1.71. The number of ether oxygens (including phenoxy) is 1. The first-order chi connectivity index (χ1) is 8.79. The van der Waals surface area contributed by atoms with Crippen LogP contribution in [0.5, 0.6) is 0 Å². The summed E-state index contributed by atoms with van der Waals surface area (Å²) in [6.07, 6.45) is 2.88. The standard InChI is InChI=1S/C13H18N2O2S/c1-17-13(16)11-2-3-12(15-7-11)8-14-6-10-4-5-18-9-10/h2-3,7,10,14H,4-6,8-9H2,1H3. The topological polar surface area (TPSA) is 51.2 Å². The van der Waals surface area contributed by atoms with E-state index in [-0.39, 0.29) is 5.97 Å². The van der Waals surface area contributed by atoms with E-state index in [0.717, 1.165) is 24.7 Å². The van der Waals surface area contributed by atoms with Crippen LogP contribution < -0.4 is 5.32 Å². The highest BCUT2D eigenvalue weighted by Crippen LogP contribution is 2.22. The monoisotopic (exact) mass is 266 g/mol. The fourth-order valence-electron chi connectivity index (χ4n) is 1.92. The van der Waals surface area contributed by atoms with Crippen LogP contribution in [0, 0.1) is 5.92 Å². The van der Waals surface area contributed by atoms with E-state index in [9.17, 15) is 4.79 Å². The van der Waals surface area contributed by atoms with Gasteiger partial charge in [-0.1, -0.05) is 0 Å². The smallest absolute Gasteiger partial charge is 0.339 e. The van der Waals surface area contributed by atoms with Gasteiger partial charge < -0.3 is 10.1 Å². The molecule has 18 heavy (non-hydrogen) atoms. The Bertz CT molecular complexity index is 388. The summed E-state index contributed by atoms with van der Waals surface area (Å²) in [6, 6.07) is 3.61. The molecule has 5 heteroatoms. The maximum absolute atomic E-state index is 11.2. The normalized spacial score (nSPS) is 18.8. The molecule has 1 fully saturated rings. The Hall–Kier alpha value is -1.07. The second-order valence-electron chi connectivity index (χ2n) is 4.39. The molecule has 1 aliphatic rings. The Morgan fingerprint density at radius 3 is 3.11 bits per heavy atom. The maximum Gasteiger partial charge on any atom is 0.339 e. The lowest BCUT2D eigenvalue weighted by molar-refractivity contribution is 0.0600. The summed E-state index contributed by atoms with van der Waals surface area (Å²) in [5.74, 6) is 3.01. The van der Waals surface area contributed by atoms with Gasteiger partial charge in [0.2, 0.25) is 0 Å². The van der Waals surface area contributed by atoms with Crippen molar-refractivity contribution in [1.82, 2.24) is 10.3 Å². The van der Waals surface area contributed by atoms with Gasteiger partial charge in [0.1, 0.15) is 0 Å². The third-order valence-corrected chi connectivity index (χ3v) is 4.24. The predicted molar refractivity (Wildman–Crippen MR) is 72.7 cm³/mol. The van der Waals surface area contributed by atoms with Gasteiger partial charge in [0.15, 0.2) is 0 Å². The zero-order valence-corrected chi connectivity index (χ0v) is 11.3. The minimum Gasteiger partial charge on any atom is -0.465 e. The average molecular weight is 266 g/mol. The molecule has 0 aromatic carbocycles. The number of thioether (sulfide) groups is 1. The third kappa shape index (κ3) is 3.71. The second kappa shape index (κ2) is 6.75. The SMILES string of the molecule is COC(=O)c1ccc(CNCC2CCSC2)nc1. The summed E-state index contributed by atoms with van der Waals surface area (Å²) in [5, 5.41) is 3.41. The fraction of sp³-hybridized carbons (Fsp3) is 0.538.